The molecule has 194 valence electrons. The Bertz CT molecular complexity index is 1330. The van der Waals surface area contributed by atoms with Crippen molar-refractivity contribution in [1.82, 2.24) is 14.8 Å². The minimum Gasteiger partial charge on any atom is -0.508 e. The predicted octanol–water partition coefficient (Wildman–Crippen LogP) is 6.18. The van der Waals surface area contributed by atoms with Crippen molar-refractivity contribution in [1.29, 1.82) is 0 Å². The third-order valence-electron chi connectivity index (χ3n) is 7.13. The van der Waals surface area contributed by atoms with Crippen LogP contribution in [0.2, 0.25) is 0 Å². The zero-order chi connectivity index (χ0) is 25.1. The number of para-hydroxylation sites is 1. The number of benzene rings is 3. The number of nitrogens with zero attached hydrogens (tertiary/aromatic N) is 2. The monoisotopic (exact) mass is 517 g/mol. The molecule has 0 bridgehead atoms. The molecule has 0 saturated carbocycles. The van der Waals surface area contributed by atoms with Gasteiger partial charge in [0, 0.05) is 41.5 Å². The van der Waals surface area contributed by atoms with Crippen molar-refractivity contribution in [3.05, 3.63) is 101 Å². The normalized spacial score (nSPS) is 14.6. The van der Waals surface area contributed by atoms with E-state index in [0.29, 0.717) is 0 Å². The number of likely N-dealkylation sites (tertiary alicyclic amines) is 1. The van der Waals surface area contributed by atoms with Gasteiger partial charge in [0.05, 0.1) is 0 Å². The number of carbonyl (C=O) groups is 1. The molecule has 5 nitrogen and oxygen atoms in total. The summed E-state index contributed by atoms with van der Waals surface area (Å²) in [5.41, 5.74) is 4.98. The molecule has 1 amide bonds. The van der Waals surface area contributed by atoms with E-state index >= 15 is 0 Å². The number of phenolic OH excluding ortho intramolecular Hbond substituents is 1. The molecule has 1 unspecified atom stereocenters. The van der Waals surface area contributed by atoms with Crippen molar-refractivity contribution in [3.8, 4) is 5.75 Å². The third kappa shape index (κ3) is 5.68. The maximum Gasteiger partial charge on any atom is 0.268 e. The minimum atomic E-state index is -0.155. The SMILES string of the molecule is CC(C)NC(=O)c1c(C(c2ccccc2)c2ccc(O)cc2)c2ccccc2n1CCN1CCCC1.Cl. The van der Waals surface area contributed by atoms with E-state index in [1.54, 1.807) is 12.1 Å². The molecule has 0 spiro atoms. The molecule has 1 fully saturated rings. The first-order chi connectivity index (χ1) is 17.5. The molecular weight excluding hydrogens is 482 g/mol. The average Bonchev–Trinajstić information content (AvgIpc) is 3.51. The van der Waals surface area contributed by atoms with Crippen molar-refractivity contribution >= 4 is 29.2 Å². The summed E-state index contributed by atoms with van der Waals surface area (Å²) in [7, 11) is 0. The van der Waals surface area contributed by atoms with Gasteiger partial charge in [0.15, 0.2) is 0 Å². The number of nitrogens with one attached hydrogen (secondary N) is 1. The standard InChI is InChI=1S/C31H35N3O2.ClH/c1-22(2)32-31(36)30-29(28(23-10-4-3-5-11-23)24-14-16-25(35)17-15-24)26-12-6-7-13-27(26)34(30)21-20-33-18-8-9-19-33;/h3-7,10-17,22,28,35H,8-9,18-21H2,1-2H3,(H,32,36);1H. The molecule has 5 rings (SSSR count). The van der Waals surface area contributed by atoms with E-state index in [1.807, 2.05) is 44.2 Å². The maximum absolute atomic E-state index is 13.9. The lowest BCUT2D eigenvalue weighted by Crippen LogP contribution is -2.34. The van der Waals surface area contributed by atoms with Gasteiger partial charge in [-0.05, 0) is 69.1 Å². The van der Waals surface area contributed by atoms with Gasteiger partial charge in [-0.2, -0.15) is 0 Å². The molecule has 0 aliphatic carbocycles. The van der Waals surface area contributed by atoms with Crippen molar-refractivity contribution in [2.75, 3.05) is 19.6 Å². The van der Waals surface area contributed by atoms with Crippen LogP contribution in [0.1, 0.15) is 59.8 Å². The van der Waals surface area contributed by atoms with E-state index in [-0.39, 0.29) is 36.0 Å². The van der Waals surface area contributed by atoms with Crippen molar-refractivity contribution < 1.29 is 9.90 Å². The highest BCUT2D eigenvalue weighted by Crippen LogP contribution is 2.40. The number of halogens is 1. The number of carbonyl (C=O) groups excluding carboxylic acids is 1. The van der Waals surface area contributed by atoms with Gasteiger partial charge in [-0.3, -0.25) is 4.79 Å². The first-order valence-electron chi connectivity index (χ1n) is 13.0. The average molecular weight is 518 g/mol. The highest BCUT2D eigenvalue weighted by Gasteiger charge is 2.30. The van der Waals surface area contributed by atoms with Crippen LogP contribution in [0.5, 0.6) is 5.75 Å². The lowest BCUT2D eigenvalue weighted by atomic mass is 9.83. The predicted molar refractivity (Wildman–Crippen MR) is 153 cm³/mol. The van der Waals surface area contributed by atoms with E-state index < -0.39 is 0 Å². The molecule has 1 aliphatic heterocycles. The maximum atomic E-state index is 13.9. The molecule has 1 saturated heterocycles. The number of amides is 1. The summed E-state index contributed by atoms with van der Waals surface area (Å²) in [5.74, 6) is 0.0337. The Balaban J connectivity index is 0.00000320. The third-order valence-corrected chi connectivity index (χ3v) is 7.13. The summed E-state index contributed by atoms with van der Waals surface area (Å²) in [4.78, 5) is 16.4. The van der Waals surface area contributed by atoms with Crippen LogP contribution in [-0.4, -0.2) is 46.2 Å². The number of phenols is 1. The first kappa shape index (κ1) is 26.8. The Morgan fingerprint density at radius 2 is 1.49 bits per heavy atom. The second kappa shape index (κ2) is 11.8. The van der Waals surface area contributed by atoms with E-state index in [4.69, 9.17) is 0 Å². The van der Waals surface area contributed by atoms with Crippen LogP contribution in [0.15, 0.2) is 78.9 Å². The second-order valence-electron chi connectivity index (χ2n) is 10.0. The summed E-state index contributed by atoms with van der Waals surface area (Å²) >= 11 is 0. The number of aromatic nitrogens is 1. The first-order valence-corrected chi connectivity index (χ1v) is 13.0. The van der Waals surface area contributed by atoms with Crippen LogP contribution in [0, 0.1) is 0 Å². The molecule has 0 radical (unpaired) electrons. The van der Waals surface area contributed by atoms with Crippen LogP contribution in [0.3, 0.4) is 0 Å². The van der Waals surface area contributed by atoms with Gasteiger partial charge in [-0.1, -0.05) is 60.7 Å². The number of hydrogen-bond donors (Lipinski definition) is 2. The van der Waals surface area contributed by atoms with Gasteiger partial charge in [0.1, 0.15) is 11.4 Å². The fraction of sp³-hybridized carbons (Fsp3) is 0.323. The fourth-order valence-electron chi connectivity index (χ4n) is 5.52. The van der Waals surface area contributed by atoms with Crippen molar-refractivity contribution in [2.45, 2.75) is 45.2 Å². The molecular formula is C31H36ClN3O2. The molecule has 1 atom stereocenters. The zero-order valence-corrected chi connectivity index (χ0v) is 22.4. The topological polar surface area (TPSA) is 57.5 Å². The molecule has 6 heteroatoms. The highest BCUT2D eigenvalue weighted by molar-refractivity contribution is 6.03. The van der Waals surface area contributed by atoms with Gasteiger partial charge >= 0.3 is 0 Å². The van der Waals surface area contributed by atoms with Crippen molar-refractivity contribution in [2.24, 2.45) is 0 Å². The zero-order valence-electron chi connectivity index (χ0n) is 21.6. The summed E-state index contributed by atoms with van der Waals surface area (Å²) in [6, 6.07) is 26.1. The quantitative estimate of drug-likeness (QED) is 0.293. The van der Waals surface area contributed by atoms with Gasteiger partial charge in [-0.25, -0.2) is 0 Å². The fourth-order valence-corrected chi connectivity index (χ4v) is 5.52. The Morgan fingerprint density at radius 1 is 0.865 bits per heavy atom. The van der Waals surface area contributed by atoms with Gasteiger partial charge in [0.2, 0.25) is 0 Å². The summed E-state index contributed by atoms with van der Waals surface area (Å²) in [5, 5.41) is 14.3. The van der Waals surface area contributed by atoms with Gasteiger partial charge < -0.3 is 19.9 Å². The van der Waals surface area contributed by atoms with E-state index in [9.17, 15) is 9.90 Å². The molecule has 1 aliphatic rings. The van der Waals surface area contributed by atoms with E-state index in [1.165, 1.54) is 12.8 Å². The molecule has 2 N–H and O–H groups in total. The Labute approximate surface area is 225 Å². The summed E-state index contributed by atoms with van der Waals surface area (Å²) < 4.78 is 2.23. The minimum absolute atomic E-state index is 0. The van der Waals surface area contributed by atoms with Crippen molar-refractivity contribution in [3.63, 3.8) is 0 Å². The molecule has 3 aromatic carbocycles. The molecule has 2 heterocycles. The number of aromatic hydroxyl groups is 1. The van der Waals surface area contributed by atoms with Crippen LogP contribution < -0.4 is 5.32 Å². The van der Waals surface area contributed by atoms with Gasteiger partial charge in [0.25, 0.3) is 5.91 Å². The van der Waals surface area contributed by atoms with E-state index in [2.05, 4.69) is 51.2 Å². The van der Waals surface area contributed by atoms with Crippen LogP contribution in [0.4, 0.5) is 0 Å². The van der Waals surface area contributed by atoms with Gasteiger partial charge in [-0.15, -0.1) is 12.4 Å². The Hall–Kier alpha value is -3.28. The Kier molecular flexibility index (Phi) is 8.57. The van der Waals surface area contributed by atoms with E-state index in [0.717, 1.165) is 59.5 Å². The lowest BCUT2D eigenvalue weighted by Gasteiger charge is -2.22. The number of fused-ring (bicyclic) bond motifs is 1. The summed E-state index contributed by atoms with van der Waals surface area (Å²) in [6.07, 6.45) is 2.49. The van der Waals surface area contributed by atoms with Crippen LogP contribution in [0.25, 0.3) is 10.9 Å². The Morgan fingerprint density at radius 3 is 2.16 bits per heavy atom. The molecule has 4 aromatic rings. The molecule has 1 aromatic heterocycles. The number of rotatable bonds is 8. The highest BCUT2D eigenvalue weighted by atomic mass is 35.5. The largest absolute Gasteiger partial charge is 0.508 e. The smallest absolute Gasteiger partial charge is 0.268 e. The lowest BCUT2D eigenvalue weighted by molar-refractivity contribution is 0.0932. The number of hydrogen-bond acceptors (Lipinski definition) is 3. The summed E-state index contributed by atoms with van der Waals surface area (Å²) in [6.45, 7) is 7.94. The molecule has 37 heavy (non-hydrogen) atoms. The second-order valence-corrected chi connectivity index (χ2v) is 10.0. The van der Waals surface area contributed by atoms with Crippen LogP contribution in [-0.2, 0) is 6.54 Å². The van der Waals surface area contributed by atoms with Crippen LogP contribution >= 0.6 is 12.4 Å².